The summed E-state index contributed by atoms with van der Waals surface area (Å²) >= 11 is 0. The number of aromatic nitrogens is 2. The number of piperidine rings is 1. The molecule has 32 heavy (non-hydrogen) atoms. The molecule has 0 N–H and O–H groups in total. The molecule has 0 aliphatic carbocycles. The molecule has 2 aliphatic rings. The lowest BCUT2D eigenvalue weighted by Gasteiger charge is -2.42. The molecule has 2 unspecified atom stereocenters. The van der Waals surface area contributed by atoms with E-state index >= 15 is 0 Å². The Kier molecular flexibility index (Phi) is 5.63. The first-order chi connectivity index (χ1) is 15.2. The maximum atomic E-state index is 13.5. The Hall–Kier alpha value is -3.06. The average molecular weight is 447 g/mol. The highest BCUT2D eigenvalue weighted by Gasteiger charge is 2.50. The Morgan fingerprint density at radius 3 is 2.78 bits per heavy atom. The van der Waals surface area contributed by atoms with Crippen LogP contribution < -0.4 is 4.90 Å². The van der Waals surface area contributed by atoms with Gasteiger partial charge in [0.2, 0.25) is 0 Å². The quantitative estimate of drug-likeness (QED) is 0.721. The summed E-state index contributed by atoms with van der Waals surface area (Å²) in [6.45, 7) is 2.50. The number of hydrogen-bond donors (Lipinski definition) is 0. The van der Waals surface area contributed by atoms with Crippen molar-refractivity contribution in [1.82, 2.24) is 14.5 Å². The van der Waals surface area contributed by atoms with Crippen molar-refractivity contribution in [1.29, 1.82) is 5.26 Å². The number of methoxy groups -OCH3 is 1. The van der Waals surface area contributed by atoms with E-state index in [4.69, 9.17) is 10.00 Å². The van der Waals surface area contributed by atoms with Crippen molar-refractivity contribution < 1.29 is 22.7 Å². The van der Waals surface area contributed by atoms with Crippen LogP contribution in [0.15, 0.2) is 30.7 Å². The maximum Gasteiger partial charge on any atom is 0.417 e. The first kappa shape index (κ1) is 22.1. The van der Waals surface area contributed by atoms with Crippen molar-refractivity contribution in [2.24, 2.45) is 18.4 Å². The minimum Gasteiger partial charge on any atom is -0.384 e. The zero-order valence-corrected chi connectivity index (χ0v) is 17.9. The molecule has 10 heteroatoms. The van der Waals surface area contributed by atoms with Crippen molar-refractivity contribution >= 4 is 11.6 Å². The highest BCUT2D eigenvalue weighted by molar-refractivity contribution is 5.92. The number of hydrogen-bond acceptors (Lipinski definition) is 5. The van der Waals surface area contributed by atoms with Crippen molar-refractivity contribution in [2.75, 3.05) is 44.8 Å². The predicted octanol–water partition coefficient (Wildman–Crippen LogP) is 2.93. The van der Waals surface area contributed by atoms with Crippen LogP contribution in [0.2, 0.25) is 0 Å². The van der Waals surface area contributed by atoms with Gasteiger partial charge in [0.25, 0.3) is 5.91 Å². The summed E-state index contributed by atoms with van der Waals surface area (Å²) in [6.07, 6.45) is -0.671. The smallest absolute Gasteiger partial charge is 0.384 e. The number of carbonyl (C=O) groups excluding carboxylic acids is 1. The van der Waals surface area contributed by atoms with Gasteiger partial charge in [-0.3, -0.25) is 4.79 Å². The molecule has 4 rings (SSSR count). The monoisotopic (exact) mass is 447 g/mol. The molecule has 2 aliphatic heterocycles. The summed E-state index contributed by atoms with van der Waals surface area (Å²) in [7, 11) is 3.41. The SMILES string of the molecule is COCC12CCN(C(=O)c3cn(C)cn3)CC1CN(c1ccc(C#N)c(C(F)(F)F)c1)C2. The second-order valence-corrected chi connectivity index (χ2v) is 8.64. The summed E-state index contributed by atoms with van der Waals surface area (Å²) in [6, 6.07) is 5.45. The van der Waals surface area contributed by atoms with E-state index in [-0.39, 0.29) is 17.2 Å². The second-order valence-electron chi connectivity index (χ2n) is 8.64. The van der Waals surface area contributed by atoms with E-state index in [1.807, 2.05) is 4.90 Å². The number of halogens is 3. The molecule has 2 aromatic rings. The number of ether oxygens (including phenoxy) is 1. The number of nitrogens with zero attached hydrogens (tertiary/aromatic N) is 5. The molecule has 2 fully saturated rings. The summed E-state index contributed by atoms with van der Waals surface area (Å²) in [5.41, 5.74) is -0.786. The number of alkyl halides is 3. The van der Waals surface area contributed by atoms with Gasteiger partial charge in [0.15, 0.2) is 0 Å². The summed E-state index contributed by atoms with van der Waals surface area (Å²) in [5.74, 6) is -0.110. The fraction of sp³-hybridized carbons (Fsp3) is 0.500. The number of rotatable bonds is 4. The van der Waals surface area contributed by atoms with E-state index < -0.39 is 17.3 Å². The Labute approximate surface area is 184 Å². The lowest BCUT2D eigenvalue weighted by atomic mass is 9.73. The van der Waals surface area contributed by atoms with Gasteiger partial charge in [0.05, 0.1) is 30.1 Å². The van der Waals surface area contributed by atoms with Crippen LogP contribution in [0.3, 0.4) is 0 Å². The lowest BCUT2D eigenvalue weighted by molar-refractivity contribution is -0.137. The Morgan fingerprint density at radius 1 is 1.38 bits per heavy atom. The standard InChI is InChI=1S/C22H24F3N5O2/c1-28-11-19(27-14-28)20(31)29-6-5-21(13-32-2)12-30(10-16(21)9-29)17-4-3-15(8-26)18(7-17)22(23,24)25/h3-4,7,11,14,16H,5-6,9-10,12-13H2,1-2H3. The second kappa shape index (κ2) is 8.13. The van der Waals surface area contributed by atoms with Gasteiger partial charge in [-0.25, -0.2) is 4.98 Å². The number of fused-ring (bicyclic) bond motifs is 1. The van der Waals surface area contributed by atoms with Gasteiger partial charge in [0.1, 0.15) is 5.69 Å². The number of likely N-dealkylation sites (tertiary alicyclic amines) is 1. The molecule has 0 saturated carbocycles. The molecule has 0 spiro atoms. The number of aryl methyl sites for hydroxylation is 1. The highest BCUT2D eigenvalue weighted by atomic mass is 19.4. The number of carbonyl (C=O) groups is 1. The minimum atomic E-state index is -4.61. The van der Waals surface area contributed by atoms with Gasteiger partial charge in [0, 0.05) is 63.6 Å². The molecule has 0 radical (unpaired) electrons. The molecule has 0 bridgehead atoms. The fourth-order valence-corrected chi connectivity index (χ4v) is 4.93. The van der Waals surface area contributed by atoms with Crippen LogP contribution in [0.5, 0.6) is 0 Å². The minimum absolute atomic E-state index is 0.0360. The van der Waals surface area contributed by atoms with Crippen molar-refractivity contribution in [3.8, 4) is 6.07 Å². The number of nitriles is 1. The molecule has 1 aromatic carbocycles. The first-order valence-electron chi connectivity index (χ1n) is 10.3. The normalized spacial score (nSPS) is 23.2. The molecule has 3 heterocycles. The van der Waals surface area contributed by atoms with Crippen LogP contribution in [0.4, 0.5) is 18.9 Å². The number of amides is 1. The van der Waals surface area contributed by atoms with Crippen LogP contribution in [-0.4, -0.2) is 60.3 Å². The average Bonchev–Trinajstić information content (AvgIpc) is 3.35. The Bertz CT molecular complexity index is 1060. The highest BCUT2D eigenvalue weighted by Crippen LogP contribution is 2.45. The summed E-state index contributed by atoms with van der Waals surface area (Å²) in [5, 5.41) is 9.07. The molecule has 7 nitrogen and oxygen atoms in total. The number of benzene rings is 1. The van der Waals surface area contributed by atoms with E-state index in [0.29, 0.717) is 50.6 Å². The van der Waals surface area contributed by atoms with Crippen molar-refractivity contribution in [3.05, 3.63) is 47.5 Å². The molecule has 2 saturated heterocycles. The van der Waals surface area contributed by atoms with Gasteiger partial charge >= 0.3 is 6.18 Å². The van der Waals surface area contributed by atoms with Crippen LogP contribution in [0.1, 0.15) is 28.0 Å². The van der Waals surface area contributed by atoms with Gasteiger partial charge in [-0.05, 0) is 24.6 Å². The van der Waals surface area contributed by atoms with E-state index in [0.717, 1.165) is 6.07 Å². The van der Waals surface area contributed by atoms with Crippen LogP contribution >= 0.6 is 0 Å². The van der Waals surface area contributed by atoms with Crippen molar-refractivity contribution in [3.63, 3.8) is 0 Å². The largest absolute Gasteiger partial charge is 0.417 e. The van der Waals surface area contributed by atoms with Gasteiger partial charge < -0.3 is 19.1 Å². The van der Waals surface area contributed by atoms with E-state index in [1.165, 1.54) is 6.07 Å². The van der Waals surface area contributed by atoms with E-state index in [2.05, 4.69) is 4.98 Å². The van der Waals surface area contributed by atoms with E-state index in [1.54, 1.807) is 48.3 Å². The molecular formula is C22H24F3N5O2. The van der Waals surface area contributed by atoms with Gasteiger partial charge in [-0.2, -0.15) is 18.4 Å². The van der Waals surface area contributed by atoms with E-state index in [9.17, 15) is 18.0 Å². The Balaban J connectivity index is 1.59. The topological polar surface area (TPSA) is 74.4 Å². The first-order valence-corrected chi connectivity index (χ1v) is 10.3. The van der Waals surface area contributed by atoms with Gasteiger partial charge in [-0.15, -0.1) is 0 Å². The summed E-state index contributed by atoms with van der Waals surface area (Å²) in [4.78, 5) is 20.7. The molecule has 170 valence electrons. The third-order valence-corrected chi connectivity index (χ3v) is 6.57. The van der Waals surface area contributed by atoms with Crippen LogP contribution in [0, 0.1) is 22.7 Å². The zero-order chi connectivity index (χ0) is 23.1. The van der Waals surface area contributed by atoms with Crippen molar-refractivity contribution in [2.45, 2.75) is 12.6 Å². The van der Waals surface area contributed by atoms with Crippen LogP contribution in [0.25, 0.3) is 0 Å². The molecule has 2 atom stereocenters. The molecular weight excluding hydrogens is 423 g/mol. The molecule has 1 aromatic heterocycles. The third kappa shape index (κ3) is 3.93. The fourth-order valence-electron chi connectivity index (χ4n) is 4.93. The number of imidazole rings is 1. The Morgan fingerprint density at radius 2 is 2.16 bits per heavy atom. The summed E-state index contributed by atoms with van der Waals surface area (Å²) < 4.78 is 47.6. The third-order valence-electron chi connectivity index (χ3n) is 6.57. The van der Waals surface area contributed by atoms with Crippen LogP contribution in [-0.2, 0) is 18.0 Å². The lowest BCUT2D eigenvalue weighted by Crippen LogP contribution is -2.50. The predicted molar refractivity (Wildman–Crippen MR) is 110 cm³/mol. The number of anilines is 1. The van der Waals surface area contributed by atoms with Gasteiger partial charge in [-0.1, -0.05) is 0 Å². The maximum absolute atomic E-state index is 13.5. The molecule has 1 amide bonds. The zero-order valence-electron chi connectivity index (χ0n) is 17.9.